The molecule has 1 aliphatic heterocycles. The molecule has 2 heterocycles. The Morgan fingerprint density at radius 2 is 1.51 bits per heavy atom. The Morgan fingerprint density at radius 1 is 0.881 bits per heavy atom. The molecule has 0 spiro atoms. The molecule has 13 nitrogen and oxygen atoms in total. The molecule has 0 saturated carbocycles. The highest BCUT2D eigenvalue weighted by molar-refractivity contribution is 7.09. The summed E-state index contributed by atoms with van der Waals surface area (Å²) in [6.45, 7) is 23.1. The van der Waals surface area contributed by atoms with Crippen molar-refractivity contribution >= 4 is 40.7 Å². The van der Waals surface area contributed by atoms with Crippen LogP contribution in [0.2, 0.25) is 0 Å². The zero-order valence-electron chi connectivity index (χ0n) is 44.1. The van der Waals surface area contributed by atoms with E-state index in [0.717, 1.165) is 34.7 Å². The summed E-state index contributed by atoms with van der Waals surface area (Å²) in [5.41, 5.74) is 3.18. The van der Waals surface area contributed by atoms with Crippen molar-refractivity contribution in [1.29, 1.82) is 0 Å². The molecule has 0 radical (unpaired) electrons. The zero-order valence-corrected chi connectivity index (χ0v) is 44.9. The minimum atomic E-state index is -0.610. The Morgan fingerprint density at radius 3 is 2.03 bits per heavy atom. The van der Waals surface area contributed by atoms with E-state index in [1.165, 1.54) is 17.8 Å². The first-order chi connectivity index (χ1) is 32.1. The molecule has 67 heavy (non-hydrogen) atoms. The molecule has 8 atom stereocenters. The lowest BCUT2D eigenvalue weighted by atomic mass is 9.90. The smallest absolute Gasteiger partial charge is 0.242 e. The van der Waals surface area contributed by atoms with Crippen LogP contribution in [0.1, 0.15) is 130 Å². The Kier molecular flexibility index (Phi) is 30.0. The van der Waals surface area contributed by atoms with Crippen LogP contribution in [-0.4, -0.2) is 122 Å². The summed E-state index contributed by atoms with van der Waals surface area (Å²) in [7, 11) is 8.69. The number of likely N-dealkylation sites (N-methyl/N-ethyl adjacent to an activating group) is 2. The predicted octanol–water partition coefficient (Wildman–Crippen LogP) is 9.25. The van der Waals surface area contributed by atoms with Gasteiger partial charge in [0.05, 0.1) is 55.3 Å². The quantitative estimate of drug-likeness (QED) is 0.0847. The van der Waals surface area contributed by atoms with Crippen LogP contribution in [0.3, 0.4) is 0 Å². The third-order valence-corrected chi connectivity index (χ3v) is 13.0. The predicted molar refractivity (Wildman–Crippen MR) is 277 cm³/mol. The van der Waals surface area contributed by atoms with Gasteiger partial charge in [0.15, 0.2) is 0 Å². The Labute approximate surface area is 409 Å². The van der Waals surface area contributed by atoms with Gasteiger partial charge >= 0.3 is 0 Å². The molecule has 1 aliphatic rings. The second-order valence-corrected chi connectivity index (χ2v) is 18.2. The molecule has 14 heteroatoms. The van der Waals surface area contributed by atoms with E-state index in [0.29, 0.717) is 25.9 Å². The minimum Gasteiger partial charge on any atom is -0.388 e. The van der Waals surface area contributed by atoms with Gasteiger partial charge in [-0.2, -0.15) is 0 Å². The number of thiazole rings is 1. The first kappa shape index (κ1) is 60.6. The molecule has 3 N–H and O–H groups in total. The average Bonchev–Trinajstić information content (AvgIpc) is 4.06. The minimum absolute atomic E-state index is 0.000677. The summed E-state index contributed by atoms with van der Waals surface area (Å²) in [5, 5.41) is 12.0. The number of amides is 4. The van der Waals surface area contributed by atoms with E-state index in [9.17, 15) is 19.2 Å². The van der Waals surface area contributed by atoms with Crippen molar-refractivity contribution in [1.82, 2.24) is 30.3 Å². The molecule has 6 unspecified atom stereocenters. The number of hydrogen-bond donors (Lipinski definition) is 3. The summed E-state index contributed by atoms with van der Waals surface area (Å²) in [6, 6.07) is 16.6. The number of ether oxygens (including phenoxy) is 2. The maximum Gasteiger partial charge on any atom is 0.242 e. The zero-order chi connectivity index (χ0) is 50.6. The van der Waals surface area contributed by atoms with Crippen LogP contribution < -0.4 is 16.0 Å². The largest absolute Gasteiger partial charge is 0.388 e. The van der Waals surface area contributed by atoms with Gasteiger partial charge in [0.1, 0.15) is 5.01 Å². The third kappa shape index (κ3) is 18.9. The van der Waals surface area contributed by atoms with Crippen LogP contribution in [0.15, 0.2) is 66.2 Å². The van der Waals surface area contributed by atoms with E-state index in [1.54, 1.807) is 32.4 Å². The van der Waals surface area contributed by atoms with E-state index in [1.807, 2.05) is 146 Å². The number of benzene rings is 2. The van der Waals surface area contributed by atoms with Gasteiger partial charge in [-0.05, 0) is 61.4 Å². The highest BCUT2D eigenvalue weighted by atomic mass is 32.1. The lowest BCUT2D eigenvalue weighted by Gasteiger charge is -2.39. The average molecular weight is 952 g/mol. The van der Waals surface area contributed by atoms with Gasteiger partial charge < -0.3 is 35.2 Å². The van der Waals surface area contributed by atoms with Crippen LogP contribution >= 0.6 is 11.3 Å². The molecule has 3 aromatic rings. The van der Waals surface area contributed by atoms with Crippen molar-refractivity contribution < 1.29 is 28.7 Å². The van der Waals surface area contributed by atoms with E-state index in [4.69, 9.17) is 9.47 Å². The number of likely N-dealkylation sites (tertiary alicyclic amines) is 1. The van der Waals surface area contributed by atoms with Gasteiger partial charge in [-0.15, -0.1) is 11.3 Å². The van der Waals surface area contributed by atoms with Gasteiger partial charge in [0.25, 0.3) is 0 Å². The molecule has 2 aromatic carbocycles. The number of nitrogens with zero attached hydrogens (tertiary/aromatic N) is 4. The number of aromatic nitrogens is 1. The van der Waals surface area contributed by atoms with Gasteiger partial charge in [0.2, 0.25) is 23.6 Å². The summed E-state index contributed by atoms with van der Waals surface area (Å²) >= 11 is 1.50. The van der Waals surface area contributed by atoms with Crippen LogP contribution in [-0.2, 0) is 41.6 Å². The molecule has 4 rings (SSSR count). The van der Waals surface area contributed by atoms with E-state index >= 15 is 0 Å². The second-order valence-electron chi connectivity index (χ2n) is 17.2. The fourth-order valence-corrected chi connectivity index (χ4v) is 9.34. The fraction of sp³-hybridized carbons (Fsp3) is 0.642. The van der Waals surface area contributed by atoms with Crippen molar-refractivity contribution in [3.05, 3.63) is 82.3 Å². The number of nitrogens with one attached hydrogen (secondary N) is 3. The third-order valence-electron chi connectivity index (χ3n) is 12.1. The summed E-state index contributed by atoms with van der Waals surface area (Å²) in [5.74, 6) is -1.33. The van der Waals surface area contributed by atoms with Crippen LogP contribution in [0.5, 0.6) is 0 Å². The van der Waals surface area contributed by atoms with Crippen molar-refractivity contribution in [2.75, 3.05) is 53.8 Å². The van der Waals surface area contributed by atoms with Crippen LogP contribution in [0, 0.1) is 17.8 Å². The van der Waals surface area contributed by atoms with Crippen LogP contribution in [0.25, 0.3) is 0 Å². The SMILES string of the molecule is CC.CC.CCC.CC[C@H](C)[C@@H](C(CC(=O)N1CCCC1C(OC)C(C)C(=O)NC(Cc1ccccc1)c1nccs1)OC)N(C)C(=O)CNC(=O)C(C(C)C)N(C)Cc1ccc(NC)cc1. The second kappa shape index (κ2) is 33.2. The normalized spacial score (nSPS) is 16.3. The maximum atomic E-state index is 14.3. The summed E-state index contributed by atoms with van der Waals surface area (Å²) in [4.78, 5) is 65.6. The molecule has 1 fully saturated rings. The van der Waals surface area contributed by atoms with Crippen LogP contribution in [0.4, 0.5) is 5.69 Å². The number of carbonyl (C=O) groups is 4. The van der Waals surface area contributed by atoms with Crippen molar-refractivity contribution in [3.8, 4) is 0 Å². The topological polar surface area (TPSA) is 145 Å². The molecule has 1 aromatic heterocycles. The lowest BCUT2D eigenvalue weighted by molar-refractivity contribution is -0.146. The Balaban J connectivity index is 0.00000304. The highest BCUT2D eigenvalue weighted by Gasteiger charge is 2.42. The number of methoxy groups -OCH3 is 2. The maximum absolute atomic E-state index is 14.3. The number of hydrogen-bond acceptors (Lipinski definition) is 10. The Bertz CT molecular complexity index is 1800. The lowest BCUT2D eigenvalue weighted by Crippen LogP contribution is -2.55. The van der Waals surface area contributed by atoms with E-state index < -0.39 is 30.2 Å². The Hall–Kier alpha value is -4.37. The molecular formula is C53H89N7O6S. The van der Waals surface area contributed by atoms with E-state index in [2.05, 4.69) is 34.8 Å². The summed E-state index contributed by atoms with van der Waals surface area (Å²) in [6.07, 6.45) is 4.70. The van der Waals surface area contributed by atoms with Gasteiger partial charge in [-0.3, -0.25) is 24.1 Å². The molecule has 4 amide bonds. The van der Waals surface area contributed by atoms with Gasteiger partial charge in [-0.1, -0.05) is 131 Å². The van der Waals surface area contributed by atoms with Crippen molar-refractivity contribution in [2.45, 2.75) is 158 Å². The number of rotatable bonds is 23. The molecule has 1 saturated heterocycles. The monoisotopic (exact) mass is 952 g/mol. The van der Waals surface area contributed by atoms with Crippen molar-refractivity contribution in [3.63, 3.8) is 0 Å². The first-order valence-electron chi connectivity index (χ1n) is 24.7. The highest BCUT2D eigenvalue weighted by Crippen LogP contribution is 2.30. The number of anilines is 1. The van der Waals surface area contributed by atoms with Crippen molar-refractivity contribution in [2.24, 2.45) is 17.8 Å². The number of carbonyl (C=O) groups excluding carboxylic acids is 4. The summed E-state index contributed by atoms with van der Waals surface area (Å²) < 4.78 is 12.1. The first-order valence-corrected chi connectivity index (χ1v) is 25.6. The van der Waals surface area contributed by atoms with E-state index in [-0.39, 0.29) is 60.5 Å². The van der Waals surface area contributed by atoms with Gasteiger partial charge in [-0.25, -0.2) is 4.98 Å². The van der Waals surface area contributed by atoms with Gasteiger partial charge in [0, 0.05) is 58.7 Å². The fourth-order valence-electron chi connectivity index (χ4n) is 8.65. The molecule has 378 valence electrons. The molecule has 0 bridgehead atoms. The standard InChI is InChI=1S/C46H69N7O6S.C3H8.2C2H6/c1-11-31(4)42(52(8)40(55)28-49-45(57)41(30(2)3)51(7)29-34-19-21-35(47-6)22-20-34)38(58-9)27-39(54)53-24-15-18-37(53)43(59-10)32(5)44(56)50-36(46-48-23-25-60-46)26-33-16-13-12-14-17-33;1-3-2;2*1-2/h12-14,16-17,19-23,25,30-32,36-38,41-43,47H,11,15,18,24,26-29H2,1-10H3,(H,49,57)(H,50,56);3H2,1-2H3;2*1-2H3/t31-,32?,36?,37?,38?,41?,42-,43?;;;/m0.../s1. The molecule has 0 aliphatic carbocycles. The molecular weight excluding hydrogens is 863 g/mol.